The van der Waals surface area contributed by atoms with Crippen molar-refractivity contribution in [3.8, 4) is 5.75 Å². The molecule has 0 bridgehead atoms. The minimum absolute atomic E-state index is 0.00213. The van der Waals surface area contributed by atoms with E-state index in [1.54, 1.807) is 0 Å². The number of nitrogens with zero attached hydrogens (tertiary/aromatic N) is 2. The molecule has 114 valence electrons. The number of amides is 1. The smallest absolute Gasteiger partial charge is 0.335 e. The van der Waals surface area contributed by atoms with E-state index in [1.165, 1.54) is 30.0 Å². The molecule has 22 heavy (non-hydrogen) atoms. The van der Waals surface area contributed by atoms with E-state index in [0.717, 1.165) is 24.0 Å². The van der Waals surface area contributed by atoms with Gasteiger partial charge in [0.2, 0.25) is 5.91 Å². The van der Waals surface area contributed by atoms with Crippen LogP contribution in [0.1, 0.15) is 16.8 Å². The fourth-order valence-corrected chi connectivity index (χ4v) is 3.20. The number of carbonyl (C=O) groups excluding carboxylic acids is 1. The van der Waals surface area contributed by atoms with Gasteiger partial charge in [-0.1, -0.05) is 11.8 Å². The molecule has 3 rings (SSSR count). The maximum absolute atomic E-state index is 12.1. The average Bonchev–Trinajstić information content (AvgIpc) is 3.06. The molecule has 3 N–H and O–H groups in total. The van der Waals surface area contributed by atoms with Crippen LogP contribution in [0.4, 0.5) is 5.69 Å². The quantitative estimate of drug-likeness (QED) is 0.730. The molecule has 1 aromatic carbocycles. The first kappa shape index (κ1) is 14.5. The molecule has 2 heterocycles. The highest BCUT2D eigenvalue weighted by Crippen LogP contribution is 2.31. The van der Waals surface area contributed by atoms with E-state index >= 15 is 0 Å². The summed E-state index contributed by atoms with van der Waals surface area (Å²) in [5.41, 5.74) is 0.941. The van der Waals surface area contributed by atoms with Gasteiger partial charge in [0, 0.05) is 12.2 Å². The number of benzene rings is 1. The molecule has 0 aliphatic carbocycles. The predicted octanol–water partition coefficient (Wildman–Crippen LogP) is 1.68. The number of rotatable bonds is 4. The van der Waals surface area contributed by atoms with E-state index in [-0.39, 0.29) is 29.3 Å². The largest absolute Gasteiger partial charge is 0.506 e. The van der Waals surface area contributed by atoms with Gasteiger partial charge in [0.1, 0.15) is 5.75 Å². The van der Waals surface area contributed by atoms with Gasteiger partial charge in [-0.25, -0.2) is 4.79 Å². The maximum atomic E-state index is 12.1. The summed E-state index contributed by atoms with van der Waals surface area (Å²) in [7, 11) is 0. The molecule has 0 atom stereocenters. The molecule has 0 saturated heterocycles. The Morgan fingerprint density at radius 1 is 1.41 bits per heavy atom. The number of carbonyl (C=O) groups is 2. The van der Waals surface area contributed by atoms with Gasteiger partial charge in [-0.2, -0.15) is 0 Å². The Bertz CT molecular complexity index is 714. The third-order valence-electron chi connectivity index (χ3n) is 3.31. The second kappa shape index (κ2) is 5.72. The molecule has 0 radical (unpaired) electrons. The minimum atomic E-state index is -1.12. The number of phenols is 1. The molecule has 0 saturated carbocycles. The molecular weight excluding hydrogens is 306 g/mol. The molecule has 1 aromatic rings. The first-order valence-corrected chi connectivity index (χ1v) is 7.46. The zero-order valence-electron chi connectivity index (χ0n) is 11.4. The van der Waals surface area contributed by atoms with Crippen LogP contribution in [0.3, 0.4) is 0 Å². The van der Waals surface area contributed by atoms with Crippen LogP contribution in [0.5, 0.6) is 5.75 Å². The molecule has 0 spiro atoms. The predicted molar refractivity (Wildman–Crippen MR) is 83.0 cm³/mol. The van der Waals surface area contributed by atoms with E-state index in [1.807, 2.05) is 10.3 Å². The number of anilines is 1. The van der Waals surface area contributed by atoms with Crippen LogP contribution in [0.25, 0.3) is 0 Å². The Morgan fingerprint density at radius 2 is 2.23 bits per heavy atom. The summed E-state index contributed by atoms with van der Waals surface area (Å²) in [5, 5.41) is 24.0. The topological polar surface area (TPSA) is 102 Å². The Hall–Kier alpha value is -2.48. The molecule has 2 aliphatic heterocycles. The Morgan fingerprint density at radius 3 is 3.00 bits per heavy atom. The van der Waals surface area contributed by atoms with E-state index in [2.05, 4.69) is 10.3 Å². The number of aliphatic imine (C=N–C) groups is 1. The van der Waals surface area contributed by atoms with Gasteiger partial charge >= 0.3 is 5.97 Å². The van der Waals surface area contributed by atoms with Gasteiger partial charge < -0.3 is 20.4 Å². The number of phenolic OH excluding ortho intramolecular Hbond substituents is 1. The van der Waals surface area contributed by atoms with Crippen LogP contribution < -0.4 is 5.32 Å². The summed E-state index contributed by atoms with van der Waals surface area (Å²) >= 11 is 1.49. The van der Waals surface area contributed by atoms with Crippen molar-refractivity contribution >= 4 is 34.5 Å². The number of aromatic carboxylic acids is 1. The summed E-state index contributed by atoms with van der Waals surface area (Å²) in [6.07, 6.45) is 0.142. The monoisotopic (exact) mass is 319 g/mol. The number of carboxylic acid groups (broad SMARTS) is 1. The van der Waals surface area contributed by atoms with Crippen LogP contribution >= 0.6 is 11.8 Å². The van der Waals surface area contributed by atoms with Crippen molar-refractivity contribution < 1.29 is 19.8 Å². The zero-order valence-corrected chi connectivity index (χ0v) is 12.3. The molecule has 0 aromatic heterocycles. The second-order valence-electron chi connectivity index (χ2n) is 4.81. The highest BCUT2D eigenvalue weighted by molar-refractivity contribution is 8.16. The number of fused-ring (bicyclic) bond motifs is 1. The summed E-state index contributed by atoms with van der Waals surface area (Å²) in [5.74, 6) is -1.61. The third-order valence-corrected chi connectivity index (χ3v) is 4.26. The molecule has 1 amide bonds. The van der Waals surface area contributed by atoms with Crippen LogP contribution in [0.15, 0.2) is 34.3 Å². The van der Waals surface area contributed by atoms with Crippen molar-refractivity contribution in [2.75, 3.05) is 18.4 Å². The lowest BCUT2D eigenvalue weighted by Crippen LogP contribution is -2.24. The Labute approximate surface area is 130 Å². The highest BCUT2D eigenvalue weighted by Gasteiger charge is 2.27. The van der Waals surface area contributed by atoms with Crippen LogP contribution in [0.2, 0.25) is 0 Å². The zero-order chi connectivity index (χ0) is 15.7. The summed E-state index contributed by atoms with van der Waals surface area (Å²) in [6.45, 7) is 1.49. The molecule has 2 aliphatic rings. The number of aromatic hydroxyl groups is 1. The molecular formula is C14H13N3O4S. The highest BCUT2D eigenvalue weighted by atomic mass is 32.2. The lowest BCUT2D eigenvalue weighted by molar-refractivity contribution is -0.115. The second-order valence-corrected chi connectivity index (χ2v) is 5.64. The minimum Gasteiger partial charge on any atom is -0.506 e. The average molecular weight is 319 g/mol. The van der Waals surface area contributed by atoms with Crippen molar-refractivity contribution in [2.24, 2.45) is 4.99 Å². The van der Waals surface area contributed by atoms with Gasteiger partial charge in [0.05, 0.1) is 24.2 Å². The fourth-order valence-electron chi connectivity index (χ4n) is 2.24. The number of carboxylic acids is 1. The van der Waals surface area contributed by atoms with Crippen molar-refractivity contribution in [3.63, 3.8) is 0 Å². The van der Waals surface area contributed by atoms with E-state index in [0.29, 0.717) is 0 Å². The van der Waals surface area contributed by atoms with Gasteiger partial charge in [0.25, 0.3) is 0 Å². The number of thioether (sulfide) groups is 1. The van der Waals surface area contributed by atoms with E-state index in [9.17, 15) is 14.7 Å². The van der Waals surface area contributed by atoms with E-state index in [4.69, 9.17) is 5.11 Å². The SMILES string of the molecule is O=C(CC1=CSC2=NCCN12)Nc1cc(C(=O)O)ccc1O. The van der Waals surface area contributed by atoms with E-state index < -0.39 is 5.97 Å². The normalized spacial score (nSPS) is 16.1. The molecule has 7 nitrogen and oxygen atoms in total. The van der Waals surface area contributed by atoms with Crippen LogP contribution in [-0.4, -0.2) is 45.2 Å². The van der Waals surface area contributed by atoms with Gasteiger partial charge in [-0.15, -0.1) is 0 Å². The van der Waals surface area contributed by atoms with Gasteiger partial charge in [-0.05, 0) is 23.6 Å². The van der Waals surface area contributed by atoms with Crippen molar-refractivity contribution in [1.29, 1.82) is 0 Å². The number of hydrogen-bond donors (Lipinski definition) is 3. The number of nitrogens with one attached hydrogen (secondary N) is 1. The number of hydrogen-bond acceptors (Lipinski definition) is 6. The Balaban J connectivity index is 1.68. The maximum Gasteiger partial charge on any atom is 0.335 e. The third kappa shape index (κ3) is 2.77. The summed E-state index contributed by atoms with van der Waals surface area (Å²) in [4.78, 5) is 29.3. The van der Waals surface area contributed by atoms with Crippen molar-refractivity contribution in [3.05, 3.63) is 34.9 Å². The first-order valence-electron chi connectivity index (χ1n) is 6.58. The van der Waals surface area contributed by atoms with Gasteiger partial charge in [0.15, 0.2) is 5.17 Å². The van der Waals surface area contributed by atoms with Gasteiger partial charge in [-0.3, -0.25) is 9.79 Å². The van der Waals surface area contributed by atoms with Crippen LogP contribution in [-0.2, 0) is 4.79 Å². The summed E-state index contributed by atoms with van der Waals surface area (Å²) in [6, 6.07) is 3.75. The first-order chi connectivity index (χ1) is 10.5. The lowest BCUT2D eigenvalue weighted by atomic mass is 10.2. The lowest BCUT2D eigenvalue weighted by Gasteiger charge is -2.16. The fraction of sp³-hybridized carbons (Fsp3) is 0.214. The summed E-state index contributed by atoms with van der Waals surface area (Å²) < 4.78 is 0. The molecule has 0 fully saturated rings. The van der Waals surface area contributed by atoms with Crippen LogP contribution in [0, 0.1) is 0 Å². The Kier molecular flexibility index (Phi) is 3.76. The number of amidine groups is 1. The molecule has 8 heteroatoms. The van der Waals surface area contributed by atoms with Crippen molar-refractivity contribution in [1.82, 2.24) is 4.90 Å². The molecule has 0 unspecified atom stereocenters. The van der Waals surface area contributed by atoms with Crippen molar-refractivity contribution in [2.45, 2.75) is 6.42 Å². The standard InChI is InChI=1S/C14H13N3O4S/c18-11-2-1-8(13(20)21)5-10(11)16-12(19)6-9-7-22-14-15-3-4-17(9)14/h1-2,5,7,18H,3-4,6H2,(H,16,19)(H,20,21).